The van der Waals surface area contributed by atoms with Gasteiger partial charge in [-0.25, -0.2) is 33.7 Å². The van der Waals surface area contributed by atoms with Gasteiger partial charge in [0.15, 0.2) is 46.0 Å². The normalized spacial score (nSPS) is 16.6. The molecule has 0 aliphatic carbocycles. The third-order valence-electron chi connectivity index (χ3n) is 18.6. The number of imide groups is 4. The van der Waals surface area contributed by atoms with Crippen LogP contribution in [0.1, 0.15) is 201 Å². The summed E-state index contributed by atoms with van der Waals surface area (Å²) in [4.78, 5) is 156. The first-order valence-corrected chi connectivity index (χ1v) is 45.8. The van der Waals surface area contributed by atoms with E-state index in [-0.39, 0.29) is 135 Å². The van der Waals surface area contributed by atoms with E-state index in [1.165, 1.54) is 197 Å². The summed E-state index contributed by atoms with van der Waals surface area (Å²) in [6.07, 6.45) is 3.34. The summed E-state index contributed by atoms with van der Waals surface area (Å²) in [5.74, 6) is -11.4. The molecule has 8 aromatic carbocycles. The van der Waals surface area contributed by atoms with Gasteiger partial charge in [-0.05, 0) is 147 Å². The van der Waals surface area contributed by atoms with Crippen LogP contribution in [-0.2, 0) is 58.5 Å². The monoisotopic (exact) mass is 1850 g/mol. The number of carbonyl (C=O) groups is 12. The van der Waals surface area contributed by atoms with Gasteiger partial charge in [0.2, 0.25) is 23.6 Å². The molecular formula is C88H96N8O28S4. The summed E-state index contributed by atoms with van der Waals surface area (Å²) < 4.78 is 238. The molecule has 4 aliphatic heterocycles. The maximum absolute atomic E-state index is 13.6. The van der Waals surface area contributed by atoms with Gasteiger partial charge in [0.25, 0.3) is 47.3 Å². The molecule has 0 saturated carbocycles. The van der Waals surface area contributed by atoms with Gasteiger partial charge in [-0.1, -0.05) is 48.5 Å². The third kappa shape index (κ3) is 23.0. The molecular weight excluding hydrogens is 1750 g/mol. The van der Waals surface area contributed by atoms with Crippen LogP contribution in [0.15, 0.2) is 146 Å². The quantitative estimate of drug-likeness (QED) is 0.0285. The van der Waals surface area contributed by atoms with Crippen molar-refractivity contribution in [3.8, 4) is 46.0 Å². The van der Waals surface area contributed by atoms with Gasteiger partial charge >= 0.3 is 0 Å². The fourth-order valence-electron chi connectivity index (χ4n) is 13.8. The lowest BCUT2D eigenvalue weighted by Crippen LogP contribution is -2.37. The Bertz CT molecular complexity index is 6700. The van der Waals surface area contributed by atoms with Gasteiger partial charge in [-0.3, -0.25) is 77.1 Å². The molecule has 4 unspecified atom stereocenters. The zero-order chi connectivity index (χ0) is 105. The fourth-order valence-corrected chi connectivity index (χ4v) is 16.9. The van der Waals surface area contributed by atoms with E-state index in [0.29, 0.717) is 11.2 Å². The van der Waals surface area contributed by atoms with Crippen LogP contribution < -0.4 is 59.2 Å². The number of sulfone groups is 4. The molecule has 0 fully saturated rings. The van der Waals surface area contributed by atoms with E-state index in [1.54, 1.807) is 0 Å². The summed E-state index contributed by atoms with van der Waals surface area (Å²) in [6, 6.07) is 24.2. The third-order valence-corrected chi connectivity index (χ3v) is 21.8. The van der Waals surface area contributed by atoms with Gasteiger partial charge in [0.05, 0.1) is 183 Å². The number of ether oxygens (including phenoxy) is 8. The summed E-state index contributed by atoms with van der Waals surface area (Å²) in [6.45, 7) is 0.887. The van der Waals surface area contributed by atoms with E-state index in [0.717, 1.165) is 60.6 Å². The number of amides is 12. The van der Waals surface area contributed by atoms with Crippen LogP contribution in [0.5, 0.6) is 46.0 Å². The summed E-state index contributed by atoms with van der Waals surface area (Å²) in [7, 11) is -10.9. The lowest BCUT2D eigenvalue weighted by atomic mass is 10.1. The molecule has 0 bridgehead atoms. The number of nitrogens with one attached hydrogen (secondary N) is 4. The van der Waals surface area contributed by atoms with Crippen LogP contribution in [0.3, 0.4) is 0 Å². The Morgan fingerprint density at radius 2 is 0.555 bits per heavy atom. The van der Waals surface area contributed by atoms with Crippen LogP contribution >= 0.6 is 0 Å². The largest absolute Gasteiger partial charge is 0.493 e. The Hall–Kier alpha value is -13.6. The highest BCUT2D eigenvalue weighted by molar-refractivity contribution is 7.91. The number of hydrogen-bond acceptors (Lipinski definition) is 28. The molecule has 4 atom stereocenters. The van der Waals surface area contributed by atoms with Crippen LogP contribution in [-0.4, -0.2) is 227 Å². The highest BCUT2D eigenvalue weighted by Crippen LogP contribution is 2.45. The van der Waals surface area contributed by atoms with E-state index in [9.17, 15) is 92.6 Å². The molecule has 36 nitrogen and oxygen atoms in total. The molecule has 12 amide bonds. The van der Waals surface area contributed by atoms with Gasteiger partial charge in [0, 0.05) is 55.5 Å². The maximum atomic E-state index is 13.6. The molecule has 8 aromatic rings. The van der Waals surface area contributed by atoms with Crippen LogP contribution in [0.4, 0.5) is 22.7 Å². The van der Waals surface area contributed by atoms with E-state index < -0.39 is 189 Å². The second-order valence-electron chi connectivity index (χ2n) is 28.2. The number of benzene rings is 8. The van der Waals surface area contributed by atoms with Crippen molar-refractivity contribution < 1.29 is 146 Å². The topological polar surface area (TPSA) is 476 Å². The Kier molecular flexibility index (Phi) is 26.2. The average molecular weight is 1850 g/mol. The van der Waals surface area contributed by atoms with E-state index >= 15 is 0 Å². The van der Waals surface area contributed by atoms with Crippen molar-refractivity contribution in [2.45, 2.75) is 79.5 Å². The molecule has 4 aliphatic rings. The molecule has 0 aromatic heterocycles. The first kappa shape index (κ1) is 81.4. The second kappa shape index (κ2) is 41.2. The van der Waals surface area contributed by atoms with E-state index in [4.69, 9.17) is 53.0 Å². The number of fused-ring (bicyclic) bond motifs is 4. The number of carbonyl (C=O) groups excluding carboxylic acids is 12. The summed E-state index contributed by atoms with van der Waals surface area (Å²) in [5, 5.41) is 9.90. The van der Waals surface area contributed by atoms with Crippen molar-refractivity contribution in [2.24, 2.45) is 0 Å². The van der Waals surface area contributed by atoms with E-state index in [2.05, 4.69) is 21.3 Å². The lowest BCUT2D eigenvalue weighted by Gasteiger charge is -2.27. The number of anilines is 4. The summed E-state index contributed by atoms with van der Waals surface area (Å²) >= 11 is 0. The average Bonchev–Trinajstić information content (AvgIpc) is 1.53. The number of methoxy groups -OCH3 is 4. The molecule has 128 heavy (non-hydrogen) atoms. The standard InChI is InChI=1S/4C22H24N2O7S/c4*1-5-31-19-11-14(9-10-18(19)30-3)17(12-32(4,28)29)24-21(26)15-7-6-8-16(23-13(2)25)20(15)22(24)27/h4*6-11,17H,5,12H2,1-4H3,(H,23,25)/i5D2,12D2,17D;5D2,17D;2*5D2. The smallest absolute Gasteiger partial charge is 0.264 e. The Labute approximate surface area is 756 Å². The minimum absolute atomic E-state index is 0.0263. The van der Waals surface area contributed by atoms with Gasteiger partial charge < -0.3 is 59.2 Å². The van der Waals surface area contributed by atoms with Crippen molar-refractivity contribution >= 4 is 133 Å². The Morgan fingerprint density at radius 3 is 0.797 bits per heavy atom. The van der Waals surface area contributed by atoms with E-state index in [1.807, 2.05) is 0 Å². The van der Waals surface area contributed by atoms with Crippen LogP contribution in [0.2, 0.25) is 0 Å². The fraction of sp³-hybridized carbons (Fsp3) is 0.318. The van der Waals surface area contributed by atoms with Crippen molar-refractivity contribution in [1.82, 2.24) is 19.6 Å². The van der Waals surface area contributed by atoms with Crippen LogP contribution in [0, 0.1) is 0 Å². The molecule has 680 valence electrons. The van der Waals surface area contributed by atoms with Crippen molar-refractivity contribution in [3.63, 3.8) is 0 Å². The van der Waals surface area contributed by atoms with Crippen molar-refractivity contribution in [1.29, 1.82) is 0 Å². The number of rotatable bonds is 32. The first-order valence-electron chi connectivity index (χ1n) is 43.7. The molecule has 4 heterocycles. The number of nitrogens with zero attached hydrogens (tertiary/aromatic N) is 4. The van der Waals surface area contributed by atoms with Crippen LogP contribution in [0.25, 0.3) is 0 Å². The first-order chi connectivity index (χ1) is 64.4. The molecule has 40 heteroatoms. The van der Waals surface area contributed by atoms with Crippen molar-refractivity contribution in [2.75, 3.05) is 124 Å². The van der Waals surface area contributed by atoms with Crippen molar-refractivity contribution in [3.05, 3.63) is 212 Å². The minimum atomic E-state index is -4.79. The minimum Gasteiger partial charge on any atom is -0.493 e. The highest BCUT2D eigenvalue weighted by atomic mass is 32.2. The zero-order valence-electron chi connectivity index (χ0n) is 83.5. The SMILES string of the molecule is [2H]C([2H])(C)Oc1cc(C(CS(C)(=O)=O)N2C(=O)c3cccc(NC(C)=O)c3C2=O)ccc1OC.[2H]C([2H])(C)Oc1cc(C(CS(C)(=O)=O)N2C(=O)c3cccc(NC(C)=O)c3C2=O)ccc1OC.[2H]C([2H])(C)Oc1cc(C([2H])(CS(C)(=O)=O)N2C(=O)c3cccc(NC(C)=O)c3C2=O)ccc1OC.[2H]C([2H])(C)Oc1cc(C([2H])(N2C(=O)c3cccc(NC(C)=O)c3C2=O)C([2H])([2H])S(C)(=O)=O)ccc1OC. The zero-order valence-corrected chi connectivity index (χ0v) is 74.8. The van der Waals surface area contributed by atoms with Gasteiger partial charge in [0.1, 0.15) is 39.3 Å². The second-order valence-corrected chi connectivity index (χ2v) is 36.5. The molecule has 12 rings (SSSR count). The lowest BCUT2D eigenvalue weighted by molar-refractivity contribution is -0.115. The Balaban J connectivity index is 0.000000209. The highest BCUT2D eigenvalue weighted by Gasteiger charge is 2.48. The summed E-state index contributed by atoms with van der Waals surface area (Å²) in [5.41, 5.74) is -4.37. The molecule has 0 saturated heterocycles. The number of hydrogen-bond donors (Lipinski definition) is 4. The predicted octanol–water partition coefficient (Wildman–Crippen LogP) is 9.74. The Morgan fingerprint density at radius 1 is 0.320 bits per heavy atom. The maximum Gasteiger partial charge on any atom is 0.264 e. The van der Waals surface area contributed by atoms with Gasteiger partial charge in [-0.15, -0.1) is 0 Å². The van der Waals surface area contributed by atoms with Gasteiger partial charge in [-0.2, -0.15) is 0 Å². The predicted molar refractivity (Wildman–Crippen MR) is 471 cm³/mol. The molecule has 4 N–H and O–H groups in total. The molecule has 0 spiro atoms. The molecule has 0 radical (unpaired) electrons.